The zero-order chi connectivity index (χ0) is 13.5. The molecule has 0 aliphatic heterocycles. The van der Waals surface area contributed by atoms with Crippen molar-refractivity contribution in [1.82, 2.24) is 9.78 Å². The molecular weight excluding hydrogens is 296 g/mol. The van der Waals surface area contributed by atoms with Crippen LogP contribution < -0.4 is 16.6 Å². The lowest BCUT2D eigenvalue weighted by molar-refractivity contribution is 0.541. The van der Waals surface area contributed by atoms with Crippen LogP contribution in [0.5, 0.6) is 0 Å². The molecule has 1 rings (SSSR count). The van der Waals surface area contributed by atoms with Crippen LogP contribution in [0.1, 0.15) is 33.1 Å². The molecule has 6 heteroatoms. The fraction of sp³-hybridized carbons (Fsp3) is 0.667. The average molecular weight is 317 g/mol. The maximum Gasteiger partial charge on any atom is 0.283 e. The van der Waals surface area contributed by atoms with Gasteiger partial charge >= 0.3 is 0 Å². The Morgan fingerprint density at radius 3 is 2.89 bits per heavy atom. The minimum Gasteiger partial charge on any atom is -0.381 e. The lowest BCUT2D eigenvalue weighted by atomic mass is 10.2. The van der Waals surface area contributed by atoms with E-state index >= 15 is 0 Å². The van der Waals surface area contributed by atoms with Gasteiger partial charge in [-0.2, -0.15) is 5.10 Å². The molecule has 18 heavy (non-hydrogen) atoms. The number of hydrogen-bond acceptors (Lipinski definition) is 4. The van der Waals surface area contributed by atoms with Gasteiger partial charge in [0.15, 0.2) is 0 Å². The fourth-order valence-electron chi connectivity index (χ4n) is 1.44. The van der Waals surface area contributed by atoms with Gasteiger partial charge in [0.05, 0.1) is 11.9 Å². The molecule has 3 N–H and O–H groups in total. The van der Waals surface area contributed by atoms with Gasteiger partial charge in [-0.3, -0.25) is 4.79 Å². The van der Waals surface area contributed by atoms with Crippen LogP contribution in [-0.2, 0) is 6.54 Å². The number of hydrogen-bond donors (Lipinski definition) is 2. The Kier molecular flexibility index (Phi) is 6.35. The number of rotatable bonds is 7. The van der Waals surface area contributed by atoms with Gasteiger partial charge in [-0.1, -0.05) is 20.3 Å². The standard InChI is InChI=1S/C12H21BrN4O/c1-3-5-6-17-12(18)11(13)10(8-16-17)15-7-9(14)4-2/h8-9,15H,3-7,14H2,1-2H3. The summed E-state index contributed by atoms with van der Waals surface area (Å²) < 4.78 is 2.01. The highest BCUT2D eigenvalue weighted by Gasteiger charge is 2.09. The van der Waals surface area contributed by atoms with Crippen molar-refractivity contribution in [3.8, 4) is 0 Å². The van der Waals surface area contributed by atoms with Gasteiger partial charge in [-0.05, 0) is 28.8 Å². The highest BCUT2D eigenvalue weighted by atomic mass is 79.9. The molecule has 0 saturated heterocycles. The van der Waals surface area contributed by atoms with E-state index in [0.29, 0.717) is 23.2 Å². The van der Waals surface area contributed by atoms with E-state index in [0.717, 1.165) is 19.3 Å². The summed E-state index contributed by atoms with van der Waals surface area (Å²) in [6.07, 6.45) is 4.55. The lowest BCUT2D eigenvalue weighted by Gasteiger charge is -2.13. The fourth-order valence-corrected chi connectivity index (χ4v) is 1.89. The number of nitrogens with two attached hydrogens (primary N) is 1. The van der Waals surface area contributed by atoms with Crippen LogP contribution in [-0.4, -0.2) is 22.4 Å². The Morgan fingerprint density at radius 1 is 1.56 bits per heavy atom. The van der Waals surface area contributed by atoms with E-state index in [1.54, 1.807) is 6.20 Å². The summed E-state index contributed by atoms with van der Waals surface area (Å²) in [6.45, 7) is 5.41. The number of nitrogens with zero attached hydrogens (tertiary/aromatic N) is 2. The molecule has 0 aromatic carbocycles. The summed E-state index contributed by atoms with van der Waals surface area (Å²) in [6, 6.07) is 0.0828. The van der Waals surface area contributed by atoms with Gasteiger partial charge in [-0.25, -0.2) is 4.68 Å². The topological polar surface area (TPSA) is 72.9 Å². The molecule has 1 aromatic heterocycles. The first-order chi connectivity index (χ1) is 8.60. The Morgan fingerprint density at radius 2 is 2.28 bits per heavy atom. The van der Waals surface area contributed by atoms with Crippen molar-refractivity contribution < 1.29 is 0 Å². The zero-order valence-electron chi connectivity index (χ0n) is 10.9. The number of aryl methyl sites for hydroxylation is 1. The molecule has 1 aromatic rings. The molecule has 1 heterocycles. The van der Waals surface area contributed by atoms with Crippen molar-refractivity contribution in [2.24, 2.45) is 5.73 Å². The van der Waals surface area contributed by atoms with Gasteiger partial charge in [0, 0.05) is 19.1 Å². The van der Waals surface area contributed by atoms with Crippen molar-refractivity contribution in [3.63, 3.8) is 0 Å². The molecule has 0 radical (unpaired) electrons. The Hall–Kier alpha value is -0.880. The van der Waals surface area contributed by atoms with E-state index in [1.165, 1.54) is 4.68 Å². The first-order valence-electron chi connectivity index (χ1n) is 6.35. The Bertz CT molecular complexity index is 433. The minimum absolute atomic E-state index is 0.0828. The summed E-state index contributed by atoms with van der Waals surface area (Å²) in [5, 5.41) is 7.29. The van der Waals surface area contributed by atoms with Crippen LogP contribution >= 0.6 is 15.9 Å². The van der Waals surface area contributed by atoms with E-state index < -0.39 is 0 Å². The van der Waals surface area contributed by atoms with Gasteiger partial charge in [0.25, 0.3) is 5.56 Å². The monoisotopic (exact) mass is 316 g/mol. The van der Waals surface area contributed by atoms with Crippen LogP contribution in [0.25, 0.3) is 0 Å². The van der Waals surface area contributed by atoms with Crippen molar-refractivity contribution in [2.45, 2.75) is 45.7 Å². The summed E-state index contributed by atoms with van der Waals surface area (Å²) in [4.78, 5) is 12.0. The zero-order valence-corrected chi connectivity index (χ0v) is 12.5. The van der Waals surface area contributed by atoms with Crippen LogP contribution in [0.3, 0.4) is 0 Å². The molecule has 0 bridgehead atoms. The third kappa shape index (κ3) is 4.10. The Labute approximate surface area is 116 Å². The number of aromatic nitrogens is 2. The molecular formula is C12H21BrN4O. The highest BCUT2D eigenvalue weighted by molar-refractivity contribution is 9.10. The van der Waals surface area contributed by atoms with E-state index in [1.807, 2.05) is 6.92 Å². The second-order valence-electron chi connectivity index (χ2n) is 4.30. The predicted octanol–water partition coefficient (Wildman–Crippen LogP) is 1.96. The second-order valence-corrected chi connectivity index (χ2v) is 5.10. The second kappa shape index (κ2) is 7.53. The lowest BCUT2D eigenvalue weighted by Crippen LogP contribution is -2.30. The molecule has 1 atom stereocenters. The van der Waals surface area contributed by atoms with Crippen molar-refractivity contribution in [1.29, 1.82) is 0 Å². The molecule has 0 fully saturated rings. The average Bonchev–Trinajstić information content (AvgIpc) is 2.39. The molecule has 0 aliphatic carbocycles. The van der Waals surface area contributed by atoms with Crippen molar-refractivity contribution in [3.05, 3.63) is 21.0 Å². The molecule has 0 amide bonds. The summed E-state index contributed by atoms with van der Waals surface area (Å²) in [7, 11) is 0. The minimum atomic E-state index is -0.0986. The number of unbranched alkanes of at least 4 members (excludes halogenated alkanes) is 1. The molecule has 102 valence electrons. The normalized spacial score (nSPS) is 12.4. The molecule has 1 unspecified atom stereocenters. The molecule has 0 saturated carbocycles. The molecule has 0 aliphatic rings. The summed E-state index contributed by atoms with van der Waals surface area (Å²) >= 11 is 3.32. The Balaban J connectivity index is 2.77. The van der Waals surface area contributed by atoms with Gasteiger partial charge in [0.1, 0.15) is 4.47 Å². The van der Waals surface area contributed by atoms with Crippen LogP contribution in [0.15, 0.2) is 15.5 Å². The van der Waals surface area contributed by atoms with Crippen LogP contribution in [0, 0.1) is 0 Å². The highest BCUT2D eigenvalue weighted by Crippen LogP contribution is 2.16. The summed E-state index contributed by atoms with van der Waals surface area (Å²) in [5.41, 5.74) is 6.43. The predicted molar refractivity (Wildman–Crippen MR) is 77.9 cm³/mol. The van der Waals surface area contributed by atoms with Gasteiger partial charge in [-0.15, -0.1) is 0 Å². The maximum atomic E-state index is 12.0. The van der Waals surface area contributed by atoms with Crippen LogP contribution in [0.2, 0.25) is 0 Å². The number of nitrogens with one attached hydrogen (secondary N) is 1. The van der Waals surface area contributed by atoms with E-state index in [-0.39, 0.29) is 11.6 Å². The summed E-state index contributed by atoms with van der Waals surface area (Å²) in [5.74, 6) is 0. The maximum absolute atomic E-state index is 12.0. The SMILES string of the molecule is CCCCn1ncc(NCC(N)CC)c(Br)c1=O. The quantitative estimate of drug-likeness (QED) is 0.806. The first kappa shape index (κ1) is 15.2. The molecule has 0 spiro atoms. The third-order valence-electron chi connectivity index (χ3n) is 2.79. The van der Waals surface area contributed by atoms with E-state index in [4.69, 9.17) is 5.73 Å². The van der Waals surface area contributed by atoms with Crippen molar-refractivity contribution >= 4 is 21.6 Å². The first-order valence-corrected chi connectivity index (χ1v) is 7.14. The van der Waals surface area contributed by atoms with Gasteiger partial charge in [0.2, 0.25) is 0 Å². The third-order valence-corrected chi connectivity index (χ3v) is 3.55. The molecule has 5 nitrogen and oxygen atoms in total. The smallest absolute Gasteiger partial charge is 0.283 e. The van der Waals surface area contributed by atoms with E-state index in [9.17, 15) is 4.79 Å². The van der Waals surface area contributed by atoms with E-state index in [2.05, 4.69) is 33.3 Å². The van der Waals surface area contributed by atoms with Gasteiger partial charge < -0.3 is 11.1 Å². The number of halogens is 1. The van der Waals surface area contributed by atoms with Crippen LogP contribution in [0.4, 0.5) is 5.69 Å². The van der Waals surface area contributed by atoms with Crippen molar-refractivity contribution in [2.75, 3.05) is 11.9 Å². The largest absolute Gasteiger partial charge is 0.381 e. The number of anilines is 1.